The number of rotatable bonds is 4. The third kappa shape index (κ3) is 2.10. The highest BCUT2D eigenvalue weighted by molar-refractivity contribution is 5.92. The second kappa shape index (κ2) is 4.80. The van der Waals surface area contributed by atoms with Gasteiger partial charge < -0.3 is 9.67 Å². The predicted molar refractivity (Wildman–Crippen MR) is 71.1 cm³/mol. The molecule has 2 aromatic rings. The third-order valence-corrected chi connectivity index (χ3v) is 3.00. The van der Waals surface area contributed by atoms with E-state index in [1.165, 1.54) is 0 Å². The summed E-state index contributed by atoms with van der Waals surface area (Å²) in [6, 6.07) is 5.39. The molecule has 0 radical (unpaired) electrons. The fraction of sp³-hybridized carbons (Fsp3) is 0.429. The minimum Gasteiger partial charge on any atom is -0.478 e. The van der Waals surface area contributed by atoms with Gasteiger partial charge in [-0.2, -0.15) is 0 Å². The standard InChI is InChI=1S/C14H18N2O2/c1-4-5-13-15-11-7-6-10(14(17)18)8-12(11)16(13)9(2)3/h6-9H,4-5H2,1-3H3,(H,17,18). The number of imidazole rings is 1. The molecule has 1 heterocycles. The fourth-order valence-corrected chi connectivity index (χ4v) is 2.25. The molecule has 0 saturated carbocycles. The molecule has 0 saturated heterocycles. The molecule has 1 aromatic heterocycles. The second-order valence-corrected chi connectivity index (χ2v) is 4.75. The Morgan fingerprint density at radius 3 is 2.72 bits per heavy atom. The Bertz CT molecular complexity index is 585. The van der Waals surface area contributed by atoms with Gasteiger partial charge in [-0.05, 0) is 38.5 Å². The zero-order valence-corrected chi connectivity index (χ0v) is 11.0. The van der Waals surface area contributed by atoms with E-state index in [1.54, 1.807) is 18.2 Å². The van der Waals surface area contributed by atoms with E-state index in [0.717, 1.165) is 29.7 Å². The normalized spacial score (nSPS) is 11.3. The lowest BCUT2D eigenvalue weighted by atomic mass is 10.2. The molecule has 2 rings (SSSR count). The van der Waals surface area contributed by atoms with E-state index in [-0.39, 0.29) is 6.04 Å². The van der Waals surface area contributed by atoms with Crippen LogP contribution < -0.4 is 0 Å². The van der Waals surface area contributed by atoms with Gasteiger partial charge in [-0.3, -0.25) is 0 Å². The molecule has 0 aliphatic rings. The van der Waals surface area contributed by atoms with E-state index in [2.05, 4.69) is 30.3 Å². The third-order valence-electron chi connectivity index (χ3n) is 3.00. The van der Waals surface area contributed by atoms with Crippen molar-refractivity contribution in [2.24, 2.45) is 0 Å². The van der Waals surface area contributed by atoms with E-state index in [1.807, 2.05) is 0 Å². The number of nitrogens with zero attached hydrogens (tertiary/aromatic N) is 2. The molecule has 96 valence electrons. The molecular formula is C14H18N2O2. The van der Waals surface area contributed by atoms with Crippen LogP contribution in [-0.2, 0) is 6.42 Å². The maximum atomic E-state index is 11.0. The Hall–Kier alpha value is -1.84. The summed E-state index contributed by atoms with van der Waals surface area (Å²) >= 11 is 0. The topological polar surface area (TPSA) is 55.1 Å². The lowest BCUT2D eigenvalue weighted by Crippen LogP contribution is -2.06. The van der Waals surface area contributed by atoms with Crippen LogP contribution in [0.3, 0.4) is 0 Å². The van der Waals surface area contributed by atoms with E-state index >= 15 is 0 Å². The number of hydrogen-bond acceptors (Lipinski definition) is 2. The van der Waals surface area contributed by atoms with Crippen LogP contribution in [0.25, 0.3) is 11.0 Å². The van der Waals surface area contributed by atoms with Crippen LogP contribution in [0.5, 0.6) is 0 Å². The molecule has 4 heteroatoms. The quantitative estimate of drug-likeness (QED) is 0.900. The summed E-state index contributed by atoms with van der Waals surface area (Å²) in [7, 11) is 0. The number of fused-ring (bicyclic) bond motifs is 1. The summed E-state index contributed by atoms with van der Waals surface area (Å²) in [5.74, 6) is 0.135. The number of aryl methyl sites for hydroxylation is 1. The predicted octanol–water partition coefficient (Wildman–Crippen LogP) is 3.27. The van der Waals surface area contributed by atoms with Crippen molar-refractivity contribution in [3.8, 4) is 0 Å². The number of carbonyl (C=O) groups is 1. The summed E-state index contributed by atoms with van der Waals surface area (Å²) in [6.45, 7) is 6.30. The van der Waals surface area contributed by atoms with Crippen LogP contribution in [0.1, 0.15) is 49.4 Å². The summed E-state index contributed by atoms with van der Waals surface area (Å²) in [4.78, 5) is 15.6. The molecule has 1 aromatic carbocycles. The van der Waals surface area contributed by atoms with Gasteiger partial charge in [0.25, 0.3) is 0 Å². The minimum absolute atomic E-state index is 0.278. The zero-order valence-electron chi connectivity index (χ0n) is 11.0. The van der Waals surface area contributed by atoms with Crippen molar-refractivity contribution in [3.63, 3.8) is 0 Å². The van der Waals surface area contributed by atoms with Gasteiger partial charge in [-0.25, -0.2) is 9.78 Å². The van der Waals surface area contributed by atoms with Crippen LogP contribution >= 0.6 is 0 Å². The van der Waals surface area contributed by atoms with Crippen LogP contribution in [0.4, 0.5) is 0 Å². The largest absolute Gasteiger partial charge is 0.478 e. The summed E-state index contributed by atoms with van der Waals surface area (Å²) in [6.07, 6.45) is 1.94. The first kappa shape index (κ1) is 12.6. The van der Waals surface area contributed by atoms with E-state index in [4.69, 9.17) is 5.11 Å². The monoisotopic (exact) mass is 246 g/mol. The minimum atomic E-state index is -0.898. The van der Waals surface area contributed by atoms with Gasteiger partial charge in [0.1, 0.15) is 5.82 Å². The smallest absolute Gasteiger partial charge is 0.335 e. The Balaban J connectivity index is 2.67. The Morgan fingerprint density at radius 2 is 2.17 bits per heavy atom. The number of benzene rings is 1. The molecule has 0 unspecified atom stereocenters. The zero-order chi connectivity index (χ0) is 13.3. The first-order chi connectivity index (χ1) is 8.54. The maximum absolute atomic E-state index is 11.0. The average molecular weight is 246 g/mol. The van der Waals surface area contributed by atoms with Crippen molar-refractivity contribution in [1.82, 2.24) is 9.55 Å². The summed E-state index contributed by atoms with van der Waals surface area (Å²) < 4.78 is 2.13. The Labute approximate surface area is 106 Å². The van der Waals surface area contributed by atoms with Gasteiger partial charge in [-0.15, -0.1) is 0 Å². The maximum Gasteiger partial charge on any atom is 0.335 e. The molecule has 0 atom stereocenters. The lowest BCUT2D eigenvalue weighted by Gasteiger charge is -2.12. The van der Waals surface area contributed by atoms with Gasteiger partial charge in [0.15, 0.2) is 0 Å². The van der Waals surface area contributed by atoms with Gasteiger partial charge in [-0.1, -0.05) is 6.92 Å². The second-order valence-electron chi connectivity index (χ2n) is 4.75. The Kier molecular flexibility index (Phi) is 3.36. The van der Waals surface area contributed by atoms with Gasteiger partial charge in [0.05, 0.1) is 16.6 Å². The molecule has 4 nitrogen and oxygen atoms in total. The first-order valence-electron chi connectivity index (χ1n) is 6.28. The molecule has 0 aliphatic carbocycles. The van der Waals surface area contributed by atoms with Crippen molar-refractivity contribution >= 4 is 17.0 Å². The van der Waals surface area contributed by atoms with E-state index < -0.39 is 5.97 Å². The molecule has 0 aliphatic heterocycles. The van der Waals surface area contributed by atoms with Gasteiger partial charge in [0, 0.05) is 12.5 Å². The first-order valence-corrected chi connectivity index (χ1v) is 6.28. The van der Waals surface area contributed by atoms with Crippen molar-refractivity contribution < 1.29 is 9.90 Å². The van der Waals surface area contributed by atoms with Crippen LogP contribution in [-0.4, -0.2) is 20.6 Å². The number of aromatic nitrogens is 2. The average Bonchev–Trinajstić information content (AvgIpc) is 2.66. The molecule has 18 heavy (non-hydrogen) atoms. The fourth-order valence-electron chi connectivity index (χ4n) is 2.25. The molecule has 0 fully saturated rings. The van der Waals surface area contributed by atoms with E-state index in [9.17, 15) is 4.79 Å². The molecular weight excluding hydrogens is 228 g/mol. The number of carboxylic acids is 1. The number of aromatic carboxylic acids is 1. The van der Waals surface area contributed by atoms with Crippen LogP contribution in [0.15, 0.2) is 18.2 Å². The highest BCUT2D eigenvalue weighted by Crippen LogP contribution is 2.23. The highest BCUT2D eigenvalue weighted by atomic mass is 16.4. The SMILES string of the molecule is CCCc1nc2ccc(C(=O)O)cc2n1C(C)C. The van der Waals surface area contributed by atoms with Crippen molar-refractivity contribution in [2.45, 2.75) is 39.7 Å². The lowest BCUT2D eigenvalue weighted by molar-refractivity contribution is 0.0697. The molecule has 1 N–H and O–H groups in total. The highest BCUT2D eigenvalue weighted by Gasteiger charge is 2.14. The van der Waals surface area contributed by atoms with Crippen molar-refractivity contribution in [2.75, 3.05) is 0 Å². The number of carboxylic acid groups (broad SMARTS) is 1. The summed E-state index contributed by atoms with van der Waals surface area (Å²) in [5, 5.41) is 9.05. The van der Waals surface area contributed by atoms with Crippen LogP contribution in [0, 0.1) is 0 Å². The Morgan fingerprint density at radius 1 is 1.44 bits per heavy atom. The van der Waals surface area contributed by atoms with E-state index in [0.29, 0.717) is 5.56 Å². The number of hydrogen-bond donors (Lipinski definition) is 1. The van der Waals surface area contributed by atoms with Gasteiger partial charge >= 0.3 is 5.97 Å². The molecule has 0 bridgehead atoms. The van der Waals surface area contributed by atoms with Crippen LogP contribution in [0.2, 0.25) is 0 Å². The molecule has 0 amide bonds. The molecule has 0 spiro atoms. The van der Waals surface area contributed by atoms with Crippen molar-refractivity contribution in [1.29, 1.82) is 0 Å². The van der Waals surface area contributed by atoms with Gasteiger partial charge in [0.2, 0.25) is 0 Å². The van der Waals surface area contributed by atoms with Crippen molar-refractivity contribution in [3.05, 3.63) is 29.6 Å². The summed E-state index contributed by atoms with van der Waals surface area (Å²) in [5.41, 5.74) is 2.10.